The molecule has 2 heterocycles. The van der Waals surface area contributed by atoms with Gasteiger partial charge in [0.25, 0.3) is 0 Å². The van der Waals surface area contributed by atoms with Gasteiger partial charge < -0.3 is 4.74 Å². The van der Waals surface area contributed by atoms with Gasteiger partial charge in [0, 0.05) is 23.0 Å². The molecule has 0 radical (unpaired) electrons. The van der Waals surface area contributed by atoms with Crippen LogP contribution in [-0.4, -0.2) is 36.6 Å². The van der Waals surface area contributed by atoms with Crippen LogP contribution in [0.1, 0.15) is 44.1 Å². The van der Waals surface area contributed by atoms with E-state index in [1.54, 1.807) is 0 Å². The van der Waals surface area contributed by atoms with Gasteiger partial charge in [0.2, 0.25) is 0 Å². The smallest absolute Gasteiger partial charge is 0.310 e. The fourth-order valence-corrected chi connectivity index (χ4v) is 4.56. The Hall–Kier alpha value is -1.06. The average Bonchev–Trinajstić information content (AvgIpc) is 2.80. The van der Waals surface area contributed by atoms with Crippen LogP contribution in [0.2, 0.25) is 5.02 Å². The third kappa shape index (κ3) is 2.77. The Morgan fingerprint density at radius 1 is 1.32 bits per heavy atom. The van der Waals surface area contributed by atoms with E-state index in [1.165, 1.54) is 19.1 Å². The Morgan fingerprint density at radius 3 is 2.68 bits per heavy atom. The van der Waals surface area contributed by atoms with Crippen LogP contribution in [0.25, 0.3) is 0 Å². The Bertz CT molecular complexity index is 530. The first-order valence-electron chi connectivity index (χ1n) is 8.24. The van der Waals surface area contributed by atoms with Crippen LogP contribution in [0.3, 0.4) is 0 Å². The highest BCUT2D eigenvalue weighted by molar-refractivity contribution is 6.30. The van der Waals surface area contributed by atoms with E-state index in [0.29, 0.717) is 12.1 Å². The molecule has 22 heavy (non-hydrogen) atoms. The molecule has 0 aromatic heterocycles. The van der Waals surface area contributed by atoms with Crippen molar-refractivity contribution in [1.82, 2.24) is 4.90 Å². The summed E-state index contributed by atoms with van der Waals surface area (Å²) in [5, 5.41) is 0.741. The fraction of sp³-hybridized carbons (Fsp3) is 0.611. The number of carbonyl (C=O) groups excluding carboxylic acids is 1. The molecule has 3 rings (SSSR count). The number of piperidine rings is 1. The summed E-state index contributed by atoms with van der Waals surface area (Å²) in [5.41, 5.74) is 1.22. The van der Waals surface area contributed by atoms with E-state index < -0.39 is 0 Å². The van der Waals surface area contributed by atoms with Crippen molar-refractivity contribution in [2.24, 2.45) is 5.92 Å². The molecule has 2 fully saturated rings. The predicted octanol–water partition coefficient (Wildman–Crippen LogP) is 3.86. The molecule has 0 spiro atoms. The van der Waals surface area contributed by atoms with Crippen molar-refractivity contribution in [1.29, 1.82) is 0 Å². The molecule has 2 aliphatic heterocycles. The third-order valence-electron chi connectivity index (χ3n) is 5.32. The quantitative estimate of drug-likeness (QED) is 0.789. The maximum atomic E-state index is 12.5. The van der Waals surface area contributed by atoms with Crippen LogP contribution in [0.15, 0.2) is 24.3 Å². The Balaban J connectivity index is 1.92. The predicted molar refractivity (Wildman–Crippen MR) is 88.1 cm³/mol. The lowest BCUT2D eigenvalue weighted by molar-refractivity contribution is -0.150. The lowest BCUT2D eigenvalue weighted by atomic mass is 9.76. The lowest BCUT2D eigenvalue weighted by Crippen LogP contribution is -2.51. The molecule has 3 nitrogen and oxygen atoms in total. The molecule has 120 valence electrons. The van der Waals surface area contributed by atoms with E-state index in [4.69, 9.17) is 16.3 Å². The number of nitrogens with zero attached hydrogens (tertiary/aromatic N) is 1. The maximum Gasteiger partial charge on any atom is 0.310 e. The zero-order valence-corrected chi connectivity index (χ0v) is 14.1. The number of benzene rings is 1. The van der Waals surface area contributed by atoms with Crippen LogP contribution in [0.5, 0.6) is 0 Å². The first-order valence-corrected chi connectivity index (χ1v) is 8.62. The van der Waals surface area contributed by atoms with Crippen LogP contribution in [0, 0.1) is 5.92 Å². The molecule has 4 heteroatoms. The lowest BCUT2D eigenvalue weighted by Gasteiger charge is -2.43. The molecule has 0 aliphatic carbocycles. The van der Waals surface area contributed by atoms with Gasteiger partial charge >= 0.3 is 5.97 Å². The fourth-order valence-electron chi connectivity index (χ4n) is 4.43. The van der Waals surface area contributed by atoms with Gasteiger partial charge in [-0.1, -0.05) is 30.7 Å². The standard InChI is InChI=1S/C18H24ClNO2/c1-3-10-20-14-8-9-16(20)17(18(21)22-2)15(11-14)12-4-6-13(19)7-5-12/h4-7,14-17H,3,8-11H2,1-2H3/t14-,15+,16+,17-/m0/s1. The average molecular weight is 322 g/mol. The number of hydrogen-bond donors (Lipinski definition) is 0. The molecule has 2 bridgehead atoms. The summed E-state index contributed by atoms with van der Waals surface area (Å²) in [5.74, 6) is 0.123. The number of methoxy groups -OCH3 is 1. The van der Waals surface area contributed by atoms with E-state index in [2.05, 4.69) is 24.0 Å². The van der Waals surface area contributed by atoms with Gasteiger partial charge in [0.05, 0.1) is 13.0 Å². The molecule has 1 aromatic rings. The number of ether oxygens (including phenoxy) is 1. The van der Waals surface area contributed by atoms with Gasteiger partial charge in [-0.2, -0.15) is 0 Å². The molecule has 4 atom stereocenters. The summed E-state index contributed by atoms with van der Waals surface area (Å²) in [6, 6.07) is 8.91. The third-order valence-corrected chi connectivity index (χ3v) is 5.57. The van der Waals surface area contributed by atoms with Crippen LogP contribution in [-0.2, 0) is 9.53 Å². The van der Waals surface area contributed by atoms with Crippen LogP contribution in [0.4, 0.5) is 0 Å². The van der Waals surface area contributed by atoms with Gasteiger partial charge in [0.15, 0.2) is 0 Å². The molecule has 2 saturated heterocycles. The monoisotopic (exact) mass is 321 g/mol. The van der Waals surface area contributed by atoms with Crippen molar-refractivity contribution >= 4 is 17.6 Å². The highest BCUT2D eigenvalue weighted by Gasteiger charge is 2.50. The van der Waals surface area contributed by atoms with Crippen molar-refractivity contribution < 1.29 is 9.53 Å². The van der Waals surface area contributed by atoms with E-state index in [0.717, 1.165) is 30.8 Å². The van der Waals surface area contributed by atoms with Crippen LogP contribution >= 0.6 is 11.6 Å². The summed E-state index contributed by atoms with van der Waals surface area (Å²) < 4.78 is 5.15. The van der Waals surface area contributed by atoms with Gasteiger partial charge in [0.1, 0.15) is 0 Å². The second kappa shape index (κ2) is 6.59. The van der Waals surface area contributed by atoms with Crippen molar-refractivity contribution in [2.45, 2.75) is 50.6 Å². The molecule has 2 aliphatic rings. The molecule has 1 aromatic carbocycles. The number of rotatable bonds is 4. The van der Waals surface area contributed by atoms with Gasteiger partial charge in [-0.05, 0) is 49.9 Å². The molecule has 0 amide bonds. The molecule has 0 N–H and O–H groups in total. The summed E-state index contributed by atoms with van der Waals surface area (Å²) in [6.07, 6.45) is 4.47. The minimum Gasteiger partial charge on any atom is -0.469 e. The zero-order chi connectivity index (χ0) is 15.7. The van der Waals surface area contributed by atoms with Gasteiger partial charge in [-0.25, -0.2) is 0 Å². The van der Waals surface area contributed by atoms with Crippen molar-refractivity contribution in [3.8, 4) is 0 Å². The van der Waals surface area contributed by atoms with Gasteiger partial charge in [-0.15, -0.1) is 0 Å². The number of fused-ring (bicyclic) bond motifs is 2. The first-order chi connectivity index (χ1) is 10.7. The van der Waals surface area contributed by atoms with E-state index in [9.17, 15) is 4.79 Å². The second-order valence-electron chi connectivity index (χ2n) is 6.48. The largest absolute Gasteiger partial charge is 0.469 e. The normalized spacial score (nSPS) is 31.2. The SMILES string of the molecule is CCCN1[C@H]2CC[C@@H]1[C@@H](C(=O)OC)[C@@H](c1ccc(Cl)cc1)C2. The van der Waals surface area contributed by atoms with Crippen molar-refractivity contribution in [3.63, 3.8) is 0 Å². The summed E-state index contributed by atoms with van der Waals surface area (Å²) in [6.45, 7) is 3.29. The van der Waals surface area contributed by atoms with E-state index >= 15 is 0 Å². The minimum atomic E-state index is -0.0635. The molecule has 0 unspecified atom stereocenters. The van der Waals surface area contributed by atoms with E-state index in [-0.39, 0.29) is 17.8 Å². The number of halogens is 1. The highest BCUT2D eigenvalue weighted by Crippen LogP contribution is 2.47. The topological polar surface area (TPSA) is 29.5 Å². The van der Waals surface area contributed by atoms with Gasteiger partial charge in [-0.3, -0.25) is 9.69 Å². The Morgan fingerprint density at radius 2 is 2.05 bits per heavy atom. The second-order valence-corrected chi connectivity index (χ2v) is 6.92. The highest BCUT2D eigenvalue weighted by atomic mass is 35.5. The summed E-state index contributed by atoms with van der Waals surface area (Å²) >= 11 is 6.01. The number of hydrogen-bond acceptors (Lipinski definition) is 3. The summed E-state index contributed by atoms with van der Waals surface area (Å²) in [4.78, 5) is 15.0. The maximum absolute atomic E-state index is 12.5. The number of esters is 1. The number of carbonyl (C=O) groups is 1. The Labute approximate surface area is 137 Å². The minimum absolute atomic E-state index is 0.0588. The molecule has 0 saturated carbocycles. The zero-order valence-electron chi connectivity index (χ0n) is 13.3. The molecular weight excluding hydrogens is 298 g/mol. The summed E-state index contributed by atoms with van der Waals surface area (Å²) in [7, 11) is 1.51. The van der Waals surface area contributed by atoms with E-state index in [1.807, 2.05) is 12.1 Å². The van der Waals surface area contributed by atoms with Crippen LogP contribution < -0.4 is 0 Å². The molecular formula is C18H24ClNO2. The van der Waals surface area contributed by atoms with Crippen molar-refractivity contribution in [2.75, 3.05) is 13.7 Å². The first kappa shape index (κ1) is 15.8. The van der Waals surface area contributed by atoms with Crippen molar-refractivity contribution in [3.05, 3.63) is 34.9 Å². The Kier molecular flexibility index (Phi) is 4.74.